The molecule has 108 valence electrons. The van der Waals surface area contributed by atoms with E-state index in [1.807, 2.05) is 24.3 Å². The summed E-state index contributed by atoms with van der Waals surface area (Å²) in [5.41, 5.74) is 3.27. The summed E-state index contributed by atoms with van der Waals surface area (Å²) >= 11 is 0. The number of nitrogens with two attached hydrogens (primary N) is 1. The van der Waals surface area contributed by atoms with Gasteiger partial charge in [-0.15, -0.1) is 0 Å². The number of hydrazine groups is 1. The Kier molecular flexibility index (Phi) is 4.19. The summed E-state index contributed by atoms with van der Waals surface area (Å²) in [5.74, 6) is 4.85. The molecule has 0 heterocycles. The number of nitrogens with one attached hydrogen (secondary N) is 1. The molecule has 0 aliphatic rings. The van der Waals surface area contributed by atoms with Crippen LogP contribution < -0.4 is 11.3 Å². The summed E-state index contributed by atoms with van der Waals surface area (Å²) in [5, 5.41) is 0. The van der Waals surface area contributed by atoms with E-state index in [-0.39, 0.29) is 11.7 Å². The van der Waals surface area contributed by atoms with Gasteiger partial charge in [-0.05, 0) is 25.5 Å². The zero-order chi connectivity index (χ0) is 15.5. The van der Waals surface area contributed by atoms with E-state index in [2.05, 4.69) is 5.43 Å². The topological polar surface area (TPSA) is 72.2 Å². The number of carbonyl (C=O) groups excluding carboxylic acids is 2. The molecular weight excluding hydrogens is 264 g/mol. The van der Waals surface area contributed by atoms with Crippen LogP contribution in [0.1, 0.15) is 35.3 Å². The molecule has 0 saturated heterocycles. The fourth-order valence-corrected chi connectivity index (χ4v) is 2.12. The Balaban J connectivity index is 2.39. The van der Waals surface area contributed by atoms with Crippen LogP contribution in [0.2, 0.25) is 0 Å². The average molecular weight is 282 g/mol. The highest BCUT2D eigenvalue weighted by molar-refractivity contribution is 6.09. The van der Waals surface area contributed by atoms with Gasteiger partial charge < -0.3 is 0 Å². The molecule has 0 bridgehead atoms. The molecule has 0 spiro atoms. The number of carbonyl (C=O) groups is 2. The van der Waals surface area contributed by atoms with Gasteiger partial charge in [0.15, 0.2) is 5.78 Å². The standard InChI is InChI=1S/C17H18N2O2/c1-17(2,16(21)19-18)14-10-6-9-13(11-14)15(20)12-7-4-3-5-8-12/h3-11H,18H2,1-2H3,(H,19,21). The molecule has 0 unspecified atom stereocenters. The minimum Gasteiger partial charge on any atom is -0.294 e. The van der Waals surface area contributed by atoms with Gasteiger partial charge in [0.2, 0.25) is 5.91 Å². The summed E-state index contributed by atoms with van der Waals surface area (Å²) < 4.78 is 0. The first-order valence-corrected chi connectivity index (χ1v) is 6.68. The van der Waals surface area contributed by atoms with E-state index >= 15 is 0 Å². The lowest BCUT2D eigenvalue weighted by atomic mass is 9.82. The maximum absolute atomic E-state index is 12.4. The van der Waals surface area contributed by atoms with E-state index < -0.39 is 5.41 Å². The molecular formula is C17H18N2O2. The highest BCUT2D eigenvalue weighted by Crippen LogP contribution is 2.24. The van der Waals surface area contributed by atoms with Gasteiger partial charge in [0.1, 0.15) is 0 Å². The molecule has 4 heteroatoms. The Morgan fingerprint density at radius 2 is 1.57 bits per heavy atom. The molecule has 0 atom stereocenters. The van der Waals surface area contributed by atoms with Gasteiger partial charge in [-0.2, -0.15) is 0 Å². The van der Waals surface area contributed by atoms with Crippen LogP contribution in [-0.4, -0.2) is 11.7 Å². The molecule has 0 saturated carbocycles. The lowest BCUT2D eigenvalue weighted by molar-refractivity contribution is -0.125. The van der Waals surface area contributed by atoms with E-state index in [4.69, 9.17) is 5.84 Å². The molecule has 21 heavy (non-hydrogen) atoms. The van der Waals surface area contributed by atoms with Crippen molar-refractivity contribution in [1.82, 2.24) is 5.43 Å². The Bertz CT molecular complexity index is 664. The molecule has 4 nitrogen and oxygen atoms in total. The molecule has 0 fully saturated rings. The van der Waals surface area contributed by atoms with Crippen molar-refractivity contribution in [3.63, 3.8) is 0 Å². The smallest absolute Gasteiger partial charge is 0.243 e. The maximum atomic E-state index is 12.4. The molecule has 2 rings (SSSR count). The number of benzene rings is 2. The number of ketones is 1. The van der Waals surface area contributed by atoms with Crippen LogP contribution >= 0.6 is 0 Å². The first-order chi connectivity index (χ1) is 9.96. The lowest BCUT2D eigenvalue weighted by Crippen LogP contribution is -2.43. The van der Waals surface area contributed by atoms with E-state index in [0.717, 1.165) is 5.56 Å². The van der Waals surface area contributed by atoms with Crippen LogP contribution in [0.5, 0.6) is 0 Å². The minimum atomic E-state index is -0.804. The van der Waals surface area contributed by atoms with Crippen molar-refractivity contribution in [1.29, 1.82) is 0 Å². The molecule has 3 N–H and O–H groups in total. The summed E-state index contributed by atoms with van der Waals surface area (Å²) in [6.07, 6.45) is 0. The highest BCUT2D eigenvalue weighted by Gasteiger charge is 2.29. The van der Waals surface area contributed by atoms with Gasteiger partial charge in [0, 0.05) is 11.1 Å². The highest BCUT2D eigenvalue weighted by atomic mass is 16.2. The quantitative estimate of drug-likeness (QED) is 0.391. The van der Waals surface area contributed by atoms with Crippen LogP contribution in [0, 0.1) is 0 Å². The summed E-state index contributed by atoms with van der Waals surface area (Å²) in [7, 11) is 0. The van der Waals surface area contributed by atoms with Crippen LogP contribution in [0.25, 0.3) is 0 Å². The zero-order valence-electron chi connectivity index (χ0n) is 12.1. The van der Waals surface area contributed by atoms with Crippen molar-refractivity contribution in [2.45, 2.75) is 19.3 Å². The second-order valence-electron chi connectivity index (χ2n) is 5.37. The second kappa shape index (κ2) is 5.89. The Morgan fingerprint density at radius 1 is 0.952 bits per heavy atom. The summed E-state index contributed by atoms with van der Waals surface area (Å²) in [4.78, 5) is 24.3. The fraction of sp³-hybridized carbons (Fsp3) is 0.176. The van der Waals surface area contributed by atoms with Crippen molar-refractivity contribution in [2.75, 3.05) is 0 Å². The SMILES string of the molecule is CC(C)(C(=O)NN)c1cccc(C(=O)c2ccccc2)c1. The second-order valence-corrected chi connectivity index (χ2v) is 5.37. The Hall–Kier alpha value is -2.46. The van der Waals surface area contributed by atoms with Gasteiger partial charge in [0.25, 0.3) is 0 Å². The molecule has 0 aliphatic heterocycles. The van der Waals surface area contributed by atoms with E-state index in [1.54, 1.807) is 44.2 Å². The third-order valence-electron chi connectivity index (χ3n) is 3.58. The van der Waals surface area contributed by atoms with E-state index in [0.29, 0.717) is 11.1 Å². The normalized spacial score (nSPS) is 11.0. The van der Waals surface area contributed by atoms with E-state index in [9.17, 15) is 9.59 Å². The molecule has 0 radical (unpaired) electrons. The fourth-order valence-electron chi connectivity index (χ4n) is 2.12. The average Bonchev–Trinajstić information content (AvgIpc) is 2.54. The predicted octanol–water partition coefficient (Wildman–Crippen LogP) is 2.19. The molecule has 2 aromatic rings. The number of rotatable bonds is 4. The van der Waals surface area contributed by atoms with Crippen molar-refractivity contribution in [3.8, 4) is 0 Å². The molecule has 2 aromatic carbocycles. The van der Waals surface area contributed by atoms with Gasteiger partial charge in [-0.3, -0.25) is 15.0 Å². The van der Waals surface area contributed by atoms with Crippen molar-refractivity contribution in [2.24, 2.45) is 5.84 Å². The van der Waals surface area contributed by atoms with Crippen molar-refractivity contribution < 1.29 is 9.59 Å². The van der Waals surface area contributed by atoms with Gasteiger partial charge in [0.05, 0.1) is 5.41 Å². The third-order valence-corrected chi connectivity index (χ3v) is 3.58. The van der Waals surface area contributed by atoms with Gasteiger partial charge >= 0.3 is 0 Å². The predicted molar refractivity (Wildman–Crippen MR) is 81.7 cm³/mol. The van der Waals surface area contributed by atoms with Crippen LogP contribution in [0.3, 0.4) is 0 Å². The largest absolute Gasteiger partial charge is 0.294 e. The van der Waals surface area contributed by atoms with Gasteiger partial charge in [-0.25, -0.2) is 5.84 Å². The molecule has 0 aliphatic carbocycles. The van der Waals surface area contributed by atoms with Gasteiger partial charge in [-0.1, -0.05) is 48.5 Å². The number of hydrogen-bond donors (Lipinski definition) is 2. The third kappa shape index (κ3) is 3.01. The van der Waals surface area contributed by atoms with Crippen LogP contribution in [0.15, 0.2) is 54.6 Å². The summed E-state index contributed by atoms with van der Waals surface area (Å²) in [6, 6.07) is 16.1. The summed E-state index contributed by atoms with van der Waals surface area (Å²) in [6.45, 7) is 3.53. The zero-order valence-corrected chi connectivity index (χ0v) is 12.1. The first-order valence-electron chi connectivity index (χ1n) is 6.68. The monoisotopic (exact) mass is 282 g/mol. The molecule has 1 amide bonds. The minimum absolute atomic E-state index is 0.0681. The molecule has 0 aromatic heterocycles. The van der Waals surface area contributed by atoms with Crippen molar-refractivity contribution in [3.05, 3.63) is 71.3 Å². The van der Waals surface area contributed by atoms with Crippen molar-refractivity contribution >= 4 is 11.7 Å². The number of amides is 1. The van der Waals surface area contributed by atoms with Crippen LogP contribution in [0.4, 0.5) is 0 Å². The lowest BCUT2D eigenvalue weighted by Gasteiger charge is -2.23. The maximum Gasteiger partial charge on any atom is 0.243 e. The van der Waals surface area contributed by atoms with Crippen LogP contribution in [-0.2, 0) is 10.2 Å². The van der Waals surface area contributed by atoms with E-state index in [1.165, 1.54) is 0 Å². The Morgan fingerprint density at radius 3 is 2.19 bits per heavy atom. The Labute approximate surface area is 123 Å². The number of hydrogen-bond acceptors (Lipinski definition) is 3. The first kappa shape index (κ1) is 14.9.